The van der Waals surface area contributed by atoms with Gasteiger partial charge >= 0.3 is 0 Å². The molecule has 4 atom stereocenters. The summed E-state index contributed by atoms with van der Waals surface area (Å²) in [4.78, 5) is 7.58. The number of aliphatic imine (C=N–C) groups is 1. The summed E-state index contributed by atoms with van der Waals surface area (Å²) < 4.78 is 0. The van der Waals surface area contributed by atoms with Gasteiger partial charge in [-0.1, -0.05) is 116 Å². The molecule has 218 valence electrons. The number of para-hydroxylation sites is 1. The number of dihydropyridines is 1. The lowest BCUT2D eigenvalue weighted by Crippen LogP contribution is -2.42. The van der Waals surface area contributed by atoms with E-state index in [1.165, 1.54) is 5.57 Å². The molecule has 0 saturated carbocycles. The quantitative estimate of drug-likeness (QED) is 0.317. The fourth-order valence-corrected chi connectivity index (χ4v) is 6.58. The number of nitrogens with two attached hydrogens (primary N) is 1. The number of anilines is 1. The number of benzene rings is 2. The summed E-state index contributed by atoms with van der Waals surface area (Å²) in [5, 5.41) is 7.28. The Bertz CT molecular complexity index is 1760. The number of allylic oxidation sites excluding steroid dienone is 11. The van der Waals surface area contributed by atoms with Crippen molar-refractivity contribution in [1.82, 2.24) is 10.2 Å². The first kappa shape index (κ1) is 27.5. The molecule has 0 saturated heterocycles. The molecule has 2 aromatic rings. The average molecular weight is 576 g/mol. The molecular weight excluding hydrogens is 538 g/mol. The van der Waals surface area contributed by atoms with Crippen molar-refractivity contribution in [2.45, 2.75) is 18.5 Å². The number of nitrogens with one attached hydrogen (secondary N) is 2. The van der Waals surface area contributed by atoms with Crippen molar-refractivity contribution in [3.8, 4) is 0 Å². The SMILES string of the molecule is C=C1C2=C(/C=C\Nc3ccccc31)N(C1=CC=CC(CN=C(C=C(N)c3ccccc3)C3C=CC=CC3)N1)C1C=CC=CC21. The molecule has 0 radical (unpaired) electrons. The minimum absolute atomic E-state index is 0.0327. The first-order valence-electron chi connectivity index (χ1n) is 15.3. The summed E-state index contributed by atoms with van der Waals surface area (Å²) >= 11 is 0. The predicted molar refractivity (Wildman–Crippen MR) is 184 cm³/mol. The molecule has 2 aromatic carbocycles. The fraction of sp³-hybridized carbons (Fsp3) is 0.154. The second kappa shape index (κ2) is 12.1. The summed E-state index contributed by atoms with van der Waals surface area (Å²) in [6.45, 7) is 5.20. The van der Waals surface area contributed by atoms with Crippen LogP contribution in [0.15, 0.2) is 168 Å². The predicted octanol–water partition coefficient (Wildman–Crippen LogP) is 7.26. The summed E-state index contributed by atoms with van der Waals surface area (Å²) in [5.74, 6) is 1.45. The lowest BCUT2D eigenvalue weighted by atomic mass is 9.84. The highest BCUT2D eigenvalue weighted by molar-refractivity contribution is 6.03. The van der Waals surface area contributed by atoms with Gasteiger partial charge in [0.05, 0.1) is 18.6 Å². The molecule has 5 heteroatoms. The van der Waals surface area contributed by atoms with E-state index in [0.717, 1.165) is 51.7 Å². The molecule has 7 rings (SSSR count). The zero-order chi connectivity index (χ0) is 29.9. The van der Waals surface area contributed by atoms with Gasteiger partial charge in [0.25, 0.3) is 0 Å². The molecule has 4 unspecified atom stereocenters. The average Bonchev–Trinajstić information content (AvgIpc) is 3.40. The molecule has 4 N–H and O–H groups in total. The highest BCUT2D eigenvalue weighted by Crippen LogP contribution is 2.47. The summed E-state index contributed by atoms with van der Waals surface area (Å²) in [5.41, 5.74) is 15.0. The molecule has 44 heavy (non-hydrogen) atoms. The topological polar surface area (TPSA) is 65.7 Å². The van der Waals surface area contributed by atoms with Crippen LogP contribution in [0.25, 0.3) is 11.3 Å². The third-order valence-electron chi connectivity index (χ3n) is 8.76. The van der Waals surface area contributed by atoms with E-state index in [1.807, 2.05) is 42.6 Å². The highest BCUT2D eigenvalue weighted by Gasteiger charge is 2.41. The van der Waals surface area contributed by atoms with Gasteiger partial charge in [-0.25, -0.2) is 0 Å². The van der Waals surface area contributed by atoms with Gasteiger partial charge in [-0.2, -0.15) is 0 Å². The zero-order valence-electron chi connectivity index (χ0n) is 24.7. The van der Waals surface area contributed by atoms with Crippen LogP contribution in [-0.2, 0) is 0 Å². The maximum absolute atomic E-state index is 6.56. The first-order chi connectivity index (χ1) is 21.7. The molecule has 0 amide bonds. The van der Waals surface area contributed by atoms with E-state index in [1.54, 1.807) is 0 Å². The van der Waals surface area contributed by atoms with E-state index in [4.69, 9.17) is 10.7 Å². The van der Waals surface area contributed by atoms with Gasteiger partial charge in [0, 0.05) is 46.4 Å². The van der Waals surface area contributed by atoms with Gasteiger partial charge in [0.15, 0.2) is 0 Å². The number of hydrogen-bond acceptors (Lipinski definition) is 5. The van der Waals surface area contributed by atoms with Crippen LogP contribution in [0.5, 0.6) is 0 Å². The number of nitrogens with zero attached hydrogens (tertiary/aromatic N) is 2. The lowest BCUT2D eigenvalue weighted by molar-refractivity contribution is 0.338. The van der Waals surface area contributed by atoms with Crippen LogP contribution in [0.1, 0.15) is 17.5 Å². The standard InChI is InChI=1S/C39H37N5/c1-27-31-18-8-10-20-34(31)41-24-23-37-39(27)32-19-9-11-21-36(32)44(37)38-22-12-17-30(43-38)26-42-35(29-15-6-3-7-16-29)25-33(40)28-13-4-2-5-14-28/h2-15,17-25,29-30,32,36,41,43H,1,16,26,40H2/b24-23-,33-25?,42-35?. The third-order valence-corrected chi connectivity index (χ3v) is 8.76. The van der Waals surface area contributed by atoms with Gasteiger partial charge in [-0.15, -0.1) is 0 Å². The van der Waals surface area contributed by atoms with E-state index in [0.29, 0.717) is 6.54 Å². The molecule has 5 nitrogen and oxygen atoms in total. The Kier molecular flexibility index (Phi) is 7.60. The maximum Gasteiger partial charge on any atom is 0.107 e. The zero-order valence-corrected chi connectivity index (χ0v) is 24.7. The van der Waals surface area contributed by atoms with Crippen LogP contribution >= 0.6 is 0 Å². The van der Waals surface area contributed by atoms with Gasteiger partial charge in [-0.05, 0) is 47.4 Å². The van der Waals surface area contributed by atoms with Crippen molar-refractivity contribution in [3.63, 3.8) is 0 Å². The second-order valence-corrected chi connectivity index (χ2v) is 11.5. The normalized spacial score (nSPS) is 26.2. The Morgan fingerprint density at radius 1 is 0.955 bits per heavy atom. The number of rotatable bonds is 6. The number of fused-ring (bicyclic) bond motifs is 3. The van der Waals surface area contributed by atoms with Crippen LogP contribution in [0, 0.1) is 11.8 Å². The lowest BCUT2D eigenvalue weighted by Gasteiger charge is -2.35. The molecular formula is C39H37N5. The van der Waals surface area contributed by atoms with Crippen LogP contribution < -0.4 is 16.4 Å². The molecule has 3 heterocycles. The van der Waals surface area contributed by atoms with Crippen LogP contribution in [0.4, 0.5) is 5.69 Å². The van der Waals surface area contributed by atoms with E-state index in [-0.39, 0.29) is 23.9 Å². The molecule has 0 aromatic heterocycles. The summed E-state index contributed by atoms with van der Waals surface area (Å²) in [6, 6.07) is 18.7. The van der Waals surface area contributed by atoms with Crippen molar-refractivity contribution in [2.24, 2.45) is 22.6 Å². The van der Waals surface area contributed by atoms with E-state index in [9.17, 15) is 0 Å². The van der Waals surface area contributed by atoms with Crippen molar-refractivity contribution in [2.75, 3.05) is 11.9 Å². The van der Waals surface area contributed by atoms with Gasteiger partial charge in [-0.3, -0.25) is 4.99 Å². The Morgan fingerprint density at radius 3 is 2.64 bits per heavy atom. The van der Waals surface area contributed by atoms with Crippen molar-refractivity contribution >= 4 is 22.7 Å². The molecule has 3 aliphatic heterocycles. The van der Waals surface area contributed by atoms with Crippen LogP contribution in [0.2, 0.25) is 0 Å². The largest absolute Gasteiger partial charge is 0.398 e. The van der Waals surface area contributed by atoms with Gasteiger partial charge < -0.3 is 21.3 Å². The summed E-state index contributed by atoms with van der Waals surface area (Å²) in [6.07, 6.45) is 31.2. The van der Waals surface area contributed by atoms with Gasteiger partial charge in [0.2, 0.25) is 0 Å². The van der Waals surface area contributed by atoms with E-state index >= 15 is 0 Å². The molecule has 0 spiro atoms. The highest BCUT2D eigenvalue weighted by atomic mass is 15.3. The maximum atomic E-state index is 6.56. The van der Waals surface area contributed by atoms with E-state index in [2.05, 4.69) is 119 Å². The fourth-order valence-electron chi connectivity index (χ4n) is 6.58. The molecule has 2 aliphatic carbocycles. The number of hydrogen-bond donors (Lipinski definition) is 3. The van der Waals surface area contributed by atoms with Crippen molar-refractivity contribution < 1.29 is 0 Å². The second-order valence-electron chi connectivity index (χ2n) is 11.5. The first-order valence-corrected chi connectivity index (χ1v) is 15.3. The minimum atomic E-state index is 0.0327. The van der Waals surface area contributed by atoms with Crippen LogP contribution in [-0.4, -0.2) is 29.2 Å². The third kappa shape index (κ3) is 5.33. The molecule has 0 bridgehead atoms. The Balaban J connectivity index is 1.17. The minimum Gasteiger partial charge on any atom is -0.398 e. The Labute approximate surface area is 260 Å². The van der Waals surface area contributed by atoms with Crippen molar-refractivity contribution in [3.05, 3.63) is 175 Å². The molecule has 0 fully saturated rings. The van der Waals surface area contributed by atoms with Crippen LogP contribution in [0.3, 0.4) is 0 Å². The Morgan fingerprint density at radius 2 is 1.77 bits per heavy atom. The monoisotopic (exact) mass is 575 g/mol. The molecule has 5 aliphatic rings. The van der Waals surface area contributed by atoms with E-state index < -0.39 is 0 Å². The van der Waals surface area contributed by atoms with Crippen molar-refractivity contribution in [1.29, 1.82) is 0 Å². The smallest absolute Gasteiger partial charge is 0.107 e. The summed E-state index contributed by atoms with van der Waals surface area (Å²) in [7, 11) is 0. The Hall–Kier alpha value is -5.29. The van der Waals surface area contributed by atoms with Gasteiger partial charge in [0.1, 0.15) is 5.82 Å².